The van der Waals surface area contributed by atoms with Crippen LogP contribution in [0.2, 0.25) is 5.02 Å². The minimum atomic E-state index is -0.0814. The van der Waals surface area contributed by atoms with Crippen LogP contribution in [0.4, 0.5) is 0 Å². The summed E-state index contributed by atoms with van der Waals surface area (Å²) < 4.78 is 1.66. The van der Waals surface area contributed by atoms with E-state index in [2.05, 4.69) is 15.7 Å². The summed E-state index contributed by atoms with van der Waals surface area (Å²) in [6.07, 6.45) is 6.79. The Morgan fingerprint density at radius 1 is 1.46 bits per heavy atom. The molecule has 5 nitrogen and oxygen atoms in total. The van der Waals surface area contributed by atoms with Crippen molar-refractivity contribution in [2.24, 2.45) is 5.92 Å². The Bertz CT molecular complexity index is 668. The van der Waals surface area contributed by atoms with Crippen molar-refractivity contribution < 1.29 is 4.79 Å². The van der Waals surface area contributed by atoms with Crippen LogP contribution in [0, 0.1) is 5.92 Å². The second-order valence-electron chi connectivity index (χ2n) is 5.91. The van der Waals surface area contributed by atoms with Gasteiger partial charge in [-0.2, -0.15) is 5.10 Å². The van der Waals surface area contributed by atoms with Crippen molar-refractivity contribution in [3.63, 3.8) is 0 Å². The zero-order chi connectivity index (χ0) is 16.1. The number of nitrogens with zero attached hydrogens (tertiary/aromatic N) is 2. The largest absolute Gasteiger partial charge is 0.352 e. The number of amides is 1. The zero-order valence-electron chi connectivity index (χ0n) is 13.4. The fraction of sp³-hybridized carbons (Fsp3) is 0.412. The van der Waals surface area contributed by atoms with E-state index < -0.39 is 0 Å². The monoisotopic (exact) mass is 368 g/mol. The minimum Gasteiger partial charge on any atom is -0.352 e. The number of halogens is 2. The lowest BCUT2D eigenvalue weighted by atomic mass is 9.96. The maximum Gasteiger partial charge on any atom is 0.254 e. The van der Waals surface area contributed by atoms with Crippen LogP contribution in [-0.4, -0.2) is 35.3 Å². The predicted octanol–water partition coefficient (Wildman–Crippen LogP) is 3.07. The first-order valence-corrected chi connectivity index (χ1v) is 8.40. The summed E-state index contributed by atoms with van der Waals surface area (Å²) in [4.78, 5) is 12.2. The molecule has 2 heterocycles. The highest BCUT2D eigenvalue weighted by molar-refractivity contribution is 6.30. The van der Waals surface area contributed by atoms with Crippen LogP contribution in [0.3, 0.4) is 0 Å². The van der Waals surface area contributed by atoms with Gasteiger partial charge in [-0.05, 0) is 56.5 Å². The molecule has 1 saturated heterocycles. The molecule has 130 valence electrons. The number of benzene rings is 1. The molecular formula is C17H22Cl2N4O. The Hall–Kier alpha value is -1.56. The van der Waals surface area contributed by atoms with E-state index in [-0.39, 0.29) is 18.3 Å². The summed E-state index contributed by atoms with van der Waals surface area (Å²) in [6.45, 7) is 2.88. The molecule has 24 heavy (non-hydrogen) atoms. The summed E-state index contributed by atoms with van der Waals surface area (Å²) >= 11 is 5.98. The molecule has 0 aliphatic carbocycles. The van der Waals surface area contributed by atoms with Crippen LogP contribution < -0.4 is 10.6 Å². The molecule has 1 aliphatic heterocycles. The van der Waals surface area contributed by atoms with Crippen LogP contribution in [0.25, 0.3) is 5.69 Å². The second-order valence-corrected chi connectivity index (χ2v) is 6.35. The van der Waals surface area contributed by atoms with Crippen molar-refractivity contribution in [2.45, 2.75) is 19.3 Å². The predicted molar refractivity (Wildman–Crippen MR) is 98.4 cm³/mol. The van der Waals surface area contributed by atoms with Crippen LogP contribution >= 0.6 is 24.0 Å². The van der Waals surface area contributed by atoms with E-state index in [1.165, 1.54) is 12.8 Å². The number of carbonyl (C=O) groups is 1. The fourth-order valence-corrected chi connectivity index (χ4v) is 3.05. The Labute approximate surface area is 153 Å². The maximum atomic E-state index is 12.2. The molecule has 1 aliphatic rings. The third-order valence-corrected chi connectivity index (χ3v) is 4.39. The first-order chi connectivity index (χ1) is 11.2. The van der Waals surface area contributed by atoms with Crippen LogP contribution in [0.5, 0.6) is 0 Å². The van der Waals surface area contributed by atoms with Crippen LogP contribution in [0.1, 0.15) is 29.6 Å². The lowest BCUT2D eigenvalue weighted by Gasteiger charge is -2.22. The molecule has 3 rings (SSSR count). The Morgan fingerprint density at radius 3 is 3.08 bits per heavy atom. The number of rotatable bonds is 5. The molecule has 2 aromatic rings. The van der Waals surface area contributed by atoms with Crippen LogP contribution in [0.15, 0.2) is 36.7 Å². The second kappa shape index (κ2) is 9.06. The van der Waals surface area contributed by atoms with Crippen molar-refractivity contribution in [3.8, 4) is 5.69 Å². The van der Waals surface area contributed by atoms with Gasteiger partial charge in [-0.1, -0.05) is 17.7 Å². The molecule has 1 unspecified atom stereocenters. The smallest absolute Gasteiger partial charge is 0.254 e. The van der Waals surface area contributed by atoms with Crippen molar-refractivity contribution in [1.82, 2.24) is 20.4 Å². The first-order valence-electron chi connectivity index (χ1n) is 8.02. The Morgan fingerprint density at radius 2 is 2.33 bits per heavy atom. The third-order valence-electron chi connectivity index (χ3n) is 4.15. The summed E-state index contributed by atoms with van der Waals surface area (Å²) in [5.74, 6) is 0.584. The highest BCUT2D eigenvalue weighted by Crippen LogP contribution is 2.15. The van der Waals surface area contributed by atoms with E-state index in [4.69, 9.17) is 11.6 Å². The summed E-state index contributed by atoms with van der Waals surface area (Å²) in [5.41, 5.74) is 1.40. The number of nitrogens with one attached hydrogen (secondary N) is 2. The van der Waals surface area contributed by atoms with E-state index in [1.54, 1.807) is 17.1 Å². The topological polar surface area (TPSA) is 59.0 Å². The van der Waals surface area contributed by atoms with Gasteiger partial charge in [0.15, 0.2) is 0 Å². The van der Waals surface area contributed by atoms with E-state index in [1.807, 2.05) is 24.3 Å². The summed E-state index contributed by atoms with van der Waals surface area (Å²) in [6, 6.07) is 7.38. The quantitative estimate of drug-likeness (QED) is 0.852. The molecule has 7 heteroatoms. The van der Waals surface area contributed by atoms with Gasteiger partial charge in [0.25, 0.3) is 5.91 Å². The van der Waals surface area contributed by atoms with Gasteiger partial charge in [-0.25, -0.2) is 4.68 Å². The average molecular weight is 369 g/mol. The van der Waals surface area contributed by atoms with E-state index in [9.17, 15) is 4.79 Å². The number of piperidine rings is 1. The standard InChI is InChI=1S/C17H21ClN4O.ClH/c18-15-4-1-5-16(9-15)22-12-14(11-21-22)17(23)20-8-6-13-3-2-7-19-10-13;/h1,4-5,9,11-13,19H,2-3,6-8,10H2,(H,20,23);1H. The number of aromatic nitrogens is 2. The van der Waals surface area contributed by atoms with Gasteiger partial charge in [0, 0.05) is 17.8 Å². The molecule has 1 aromatic heterocycles. The molecule has 1 fully saturated rings. The van der Waals surface area contributed by atoms with Crippen molar-refractivity contribution >= 4 is 29.9 Å². The molecule has 0 radical (unpaired) electrons. The average Bonchev–Trinajstić information content (AvgIpc) is 3.06. The van der Waals surface area contributed by atoms with Gasteiger partial charge in [-0.15, -0.1) is 12.4 Å². The van der Waals surface area contributed by atoms with E-state index >= 15 is 0 Å². The summed E-state index contributed by atoms with van der Waals surface area (Å²) in [5, 5.41) is 11.2. The normalized spacial score (nSPS) is 17.1. The lowest BCUT2D eigenvalue weighted by Crippen LogP contribution is -2.33. The molecule has 0 saturated carbocycles. The van der Waals surface area contributed by atoms with Gasteiger partial charge >= 0.3 is 0 Å². The van der Waals surface area contributed by atoms with Crippen molar-refractivity contribution in [3.05, 3.63) is 47.2 Å². The molecule has 1 aromatic carbocycles. The summed E-state index contributed by atoms with van der Waals surface area (Å²) in [7, 11) is 0. The number of hydrogen-bond acceptors (Lipinski definition) is 3. The van der Waals surface area contributed by atoms with Crippen molar-refractivity contribution in [1.29, 1.82) is 0 Å². The van der Waals surface area contributed by atoms with E-state index in [0.29, 0.717) is 23.0 Å². The highest BCUT2D eigenvalue weighted by Gasteiger charge is 2.14. The highest BCUT2D eigenvalue weighted by atomic mass is 35.5. The first kappa shape index (κ1) is 18.8. The molecule has 0 spiro atoms. The van der Waals surface area contributed by atoms with Gasteiger partial charge in [0.2, 0.25) is 0 Å². The molecule has 1 atom stereocenters. The molecule has 0 bridgehead atoms. The Balaban J connectivity index is 0.00000208. The molecule has 2 N–H and O–H groups in total. The van der Waals surface area contributed by atoms with E-state index in [0.717, 1.165) is 25.2 Å². The molecule has 1 amide bonds. The SMILES string of the molecule is Cl.O=C(NCCC1CCCNC1)c1cnn(-c2cccc(Cl)c2)c1. The van der Waals surface area contributed by atoms with Gasteiger partial charge in [0.1, 0.15) is 0 Å². The minimum absolute atomic E-state index is 0. The fourth-order valence-electron chi connectivity index (χ4n) is 2.86. The van der Waals surface area contributed by atoms with Gasteiger partial charge in [0.05, 0.1) is 17.4 Å². The number of carbonyl (C=O) groups excluding carboxylic acids is 1. The third kappa shape index (κ3) is 4.97. The maximum absolute atomic E-state index is 12.2. The van der Waals surface area contributed by atoms with Crippen LogP contribution in [-0.2, 0) is 0 Å². The lowest BCUT2D eigenvalue weighted by molar-refractivity contribution is 0.0950. The van der Waals surface area contributed by atoms with Crippen molar-refractivity contribution in [2.75, 3.05) is 19.6 Å². The Kier molecular flexibility index (Phi) is 7.09. The molecular weight excluding hydrogens is 347 g/mol. The number of hydrogen-bond donors (Lipinski definition) is 2. The zero-order valence-corrected chi connectivity index (χ0v) is 14.9. The van der Waals surface area contributed by atoms with Gasteiger partial charge < -0.3 is 10.6 Å². The van der Waals surface area contributed by atoms with Gasteiger partial charge in [-0.3, -0.25) is 4.79 Å².